The van der Waals surface area contributed by atoms with E-state index in [4.69, 9.17) is 9.15 Å². The van der Waals surface area contributed by atoms with Gasteiger partial charge < -0.3 is 9.15 Å². The van der Waals surface area contributed by atoms with Crippen molar-refractivity contribution in [2.24, 2.45) is 0 Å². The number of anilines is 1. The maximum absolute atomic E-state index is 12.4. The molecule has 26 heavy (non-hydrogen) atoms. The Kier molecular flexibility index (Phi) is 4.48. The topological polar surface area (TPSA) is 64.4 Å². The molecule has 0 radical (unpaired) electrons. The normalized spacial score (nSPS) is 10.8. The van der Waals surface area contributed by atoms with E-state index >= 15 is 0 Å². The van der Waals surface area contributed by atoms with Crippen LogP contribution in [0.25, 0.3) is 22.2 Å². The largest absolute Gasteiger partial charge is 0.496 e. The smallest absolute Gasteiger partial charge is 0.293 e. The van der Waals surface area contributed by atoms with Crippen molar-refractivity contribution in [1.29, 1.82) is 0 Å². The van der Waals surface area contributed by atoms with Crippen molar-refractivity contribution in [2.45, 2.75) is 0 Å². The van der Waals surface area contributed by atoms with Crippen LogP contribution >= 0.6 is 27.3 Å². The number of halogens is 1. The molecule has 5 nitrogen and oxygen atoms in total. The number of thiazole rings is 1. The molecule has 0 bridgehead atoms. The Morgan fingerprint density at radius 3 is 2.85 bits per heavy atom. The summed E-state index contributed by atoms with van der Waals surface area (Å²) in [6.45, 7) is 0. The summed E-state index contributed by atoms with van der Waals surface area (Å²) in [6, 6.07) is 14.9. The summed E-state index contributed by atoms with van der Waals surface area (Å²) >= 11 is 4.83. The minimum atomic E-state index is -0.321. The van der Waals surface area contributed by atoms with Gasteiger partial charge in [0.1, 0.15) is 11.3 Å². The number of carbonyl (C=O) groups is 1. The molecule has 4 aromatic rings. The number of nitrogens with one attached hydrogen (secondary N) is 1. The number of rotatable bonds is 4. The molecular weight excluding hydrogens is 416 g/mol. The molecule has 0 fully saturated rings. The van der Waals surface area contributed by atoms with Gasteiger partial charge in [0.15, 0.2) is 10.9 Å². The van der Waals surface area contributed by atoms with Crippen LogP contribution in [0.1, 0.15) is 10.6 Å². The van der Waals surface area contributed by atoms with Crippen LogP contribution in [0.4, 0.5) is 5.13 Å². The van der Waals surface area contributed by atoms with Crippen molar-refractivity contribution >= 4 is 49.3 Å². The van der Waals surface area contributed by atoms with Crippen molar-refractivity contribution in [1.82, 2.24) is 4.98 Å². The summed E-state index contributed by atoms with van der Waals surface area (Å²) in [5, 5.41) is 6.08. The van der Waals surface area contributed by atoms with E-state index in [1.165, 1.54) is 11.3 Å². The standard InChI is InChI=1S/C19H13BrN2O3S/c1-24-16-7-6-11(8-13(16)20)14-10-26-19(21-14)22-18(23)17-9-12-4-2-3-5-15(12)25-17/h2-10H,1H3,(H,21,22,23). The van der Waals surface area contributed by atoms with Crippen LogP contribution < -0.4 is 10.1 Å². The highest BCUT2D eigenvalue weighted by atomic mass is 79.9. The molecule has 130 valence electrons. The van der Waals surface area contributed by atoms with E-state index in [0.29, 0.717) is 10.7 Å². The van der Waals surface area contributed by atoms with Crippen molar-refractivity contribution in [3.63, 3.8) is 0 Å². The molecule has 4 rings (SSSR count). The molecule has 2 aromatic carbocycles. The van der Waals surface area contributed by atoms with Gasteiger partial charge in [0.2, 0.25) is 0 Å². The highest BCUT2D eigenvalue weighted by Crippen LogP contribution is 2.32. The quantitative estimate of drug-likeness (QED) is 0.460. The number of aromatic nitrogens is 1. The van der Waals surface area contributed by atoms with Gasteiger partial charge in [0.25, 0.3) is 5.91 Å². The third-order valence-corrected chi connectivity index (χ3v) is 5.20. The first-order valence-electron chi connectivity index (χ1n) is 7.73. The summed E-state index contributed by atoms with van der Waals surface area (Å²) in [5.74, 6) is 0.690. The van der Waals surface area contributed by atoms with E-state index in [-0.39, 0.29) is 11.7 Å². The van der Waals surface area contributed by atoms with Crippen LogP contribution in [0.15, 0.2) is 62.8 Å². The summed E-state index contributed by atoms with van der Waals surface area (Å²) in [6.07, 6.45) is 0. The third kappa shape index (κ3) is 3.23. The summed E-state index contributed by atoms with van der Waals surface area (Å²) in [7, 11) is 1.62. The first kappa shape index (κ1) is 16.8. The maximum Gasteiger partial charge on any atom is 0.293 e. The number of ether oxygens (including phenoxy) is 1. The fraction of sp³-hybridized carbons (Fsp3) is 0.0526. The number of methoxy groups -OCH3 is 1. The number of nitrogens with zero attached hydrogens (tertiary/aromatic N) is 1. The highest BCUT2D eigenvalue weighted by molar-refractivity contribution is 9.10. The molecule has 0 saturated carbocycles. The highest BCUT2D eigenvalue weighted by Gasteiger charge is 2.15. The Balaban J connectivity index is 1.54. The first-order chi connectivity index (χ1) is 12.6. The number of carbonyl (C=O) groups excluding carboxylic acids is 1. The molecular formula is C19H13BrN2O3S. The predicted molar refractivity (Wildman–Crippen MR) is 106 cm³/mol. The number of fused-ring (bicyclic) bond motifs is 1. The Bertz CT molecular complexity index is 1070. The molecule has 0 unspecified atom stereocenters. The van der Waals surface area contributed by atoms with Gasteiger partial charge in [-0.3, -0.25) is 10.1 Å². The van der Waals surface area contributed by atoms with Crippen molar-refractivity contribution in [3.8, 4) is 17.0 Å². The van der Waals surface area contributed by atoms with Gasteiger partial charge in [0.05, 0.1) is 17.3 Å². The monoisotopic (exact) mass is 428 g/mol. The zero-order chi connectivity index (χ0) is 18.1. The van der Waals surface area contributed by atoms with Gasteiger partial charge >= 0.3 is 0 Å². The van der Waals surface area contributed by atoms with E-state index in [2.05, 4.69) is 26.2 Å². The number of benzene rings is 2. The maximum atomic E-state index is 12.4. The van der Waals surface area contributed by atoms with Crippen LogP contribution in [-0.2, 0) is 0 Å². The van der Waals surface area contributed by atoms with Crippen LogP contribution in [-0.4, -0.2) is 18.0 Å². The Hall–Kier alpha value is -2.64. The summed E-state index contributed by atoms with van der Waals surface area (Å²) in [5.41, 5.74) is 2.39. The van der Waals surface area contributed by atoms with Crippen LogP contribution in [0.5, 0.6) is 5.75 Å². The van der Waals surface area contributed by atoms with Crippen molar-refractivity contribution in [3.05, 3.63) is 64.1 Å². The average Bonchev–Trinajstić information content (AvgIpc) is 3.28. The molecule has 7 heteroatoms. The Morgan fingerprint density at radius 1 is 1.23 bits per heavy atom. The minimum absolute atomic E-state index is 0.259. The second kappa shape index (κ2) is 6.93. The molecule has 0 aliphatic heterocycles. The molecule has 2 heterocycles. The Labute approximate surface area is 161 Å². The minimum Gasteiger partial charge on any atom is -0.496 e. The molecule has 0 atom stereocenters. The average molecular weight is 429 g/mol. The SMILES string of the molecule is COc1ccc(-c2csc(NC(=O)c3cc4ccccc4o3)n2)cc1Br. The lowest BCUT2D eigenvalue weighted by Crippen LogP contribution is -2.10. The second-order valence-electron chi connectivity index (χ2n) is 5.49. The number of hydrogen-bond donors (Lipinski definition) is 1. The van der Waals surface area contributed by atoms with Gasteiger partial charge in [-0.05, 0) is 46.3 Å². The third-order valence-electron chi connectivity index (χ3n) is 3.82. The zero-order valence-corrected chi connectivity index (χ0v) is 16.1. The van der Waals surface area contributed by atoms with E-state index in [1.54, 1.807) is 13.2 Å². The van der Waals surface area contributed by atoms with E-state index in [9.17, 15) is 4.79 Å². The van der Waals surface area contributed by atoms with Gasteiger partial charge in [-0.25, -0.2) is 4.98 Å². The zero-order valence-electron chi connectivity index (χ0n) is 13.7. The first-order valence-corrected chi connectivity index (χ1v) is 9.40. The van der Waals surface area contributed by atoms with Crippen molar-refractivity contribution < 1.29 is 13.9 Å². The van der Waals surface area contributed by atoms with E-state index < -0.39 is 0 Å². The van der Waals surface area contributed by atoms with E-state index in [0.717, 1.165) is 26.9 Å². The lowest BCUT2D eigenvalue weighted by molar-refractivity contribution is 0.0998. The second-order valence-corrected chi connectivity index (χ2v) is 7.20. The Morgan fingerprint density at radius 2 is 2.08 bits per heavy atom. The van der Waals surface area contributed by atoms with Gasteiger partial charge in [-0.2, -0.15) is 0 Å². The lowest BCUT2D eigenvalue weighted by atomic mass is 10.2. The van der Waals surface area contributed by atoms with Gasteiger partial charge in [-0.15, -0.1) is 11.3 Å². The fourth-order valence-corrected chi connectivity index (χ4v) is 3.80. The molecule has 1 amide bonds. The molecule has 0 aliphatic carbocycles. The number of hydrogen-bond acceptors (Lipinski definition) is 5. The molecule has 1 N–H and O–H groups in total. The van der Waals surface area contributed by atoms with Crippen LogP contribution in [0.2, 0.25) is 0 Å². The number of amides is 1. The van der Waals surface area contributed by atoms with Gasteiger partial charge in [-0.1, -0.05) is 18.2 Å². The van der Waals surface area contributed by atoms with E-state index in [1.807, 2.05) is 47.8 Å². The number of para-hydroxylation sites is 1. The summed E-state index contributed by atoms with van der Waals surface area (Å²) < 4.78 is 11.7. The van der Waals surface area contributed by atoms with Crippen LogP contribution in [0, 0.1) is 0 Å². The molecule has 2 aromatic heterocycles. The number of furan rings is 1. The summed E-state index contributed by atoms with van der Waals surface area (Å²) in [4.78, 5) is 16.9. The van der Waals surface area contributed by atoms with Crippen molar-refractivity contribution in [2.75, 3.05) is 12.4 Å². The van der Waals surface area contributed by atoms with Crippen LogP contribution in [0.3, 0.4) is 0 Å². The molecule has 0 saturated heterocycles. The predicted octanol–water partition coefficient (Wildman–Crippen LogP) is 5.58. The lowest BCUT2D eigenvalue weighted by Gasteiger charge is -2.04. The fourth-order valence-electron chi connectivity index (χ4n) is 2.54. The molecule has 0 aliphatic rings. The van der Waals surface area contributed by atoms with Gasteiger partial charge in [0, 0.05) is 16.3 Å². The molecule has 0 spiro atoms.